The van der Waals surface area contributed by atoms with E-state index < -0.39 is 18.1 Å². The first-order valence-corrected chi connectivity index (χ1v) is 13.0. The molecule has 4 aromatic rings. The Kier molecular flexibility index (Phi) is 9.22. The first-order valence-electron chi connectivity index (χ1n) is 12.6. The van der Waals surface area contributed by atoms with Crippen LogP contribution in [0.5, 0.6) is 0 Å². The minimum Gasteiger partial charge on any atom is -0.458 e. The van der Waals surface area contributed by atoms with Crippen LogP contribution in [0.3, 0.4) is 0 Å². The zero-order valence-corrected chi connectivity index (χ0v) is 22.4. The van der Waals surface area contributed by atoms with Crippen molar-refractivity contribution in [3.63, 3.8) is 0 Å². The van der Waals surface area contributed by atoms with Gasteiger partial charge in [0.05, 0.1) is 11.8 Å². The van der Waals surface area contributed by atoms with E-state index in [-0.39, 0.29) is 6.61 Å². The van der Waals surface area contributed by atoms with E-state index in [1.807, 2.05) is 28.8 Å². The predicted molar refractivity (Wildman–Crippen MR) is 144 cm³/mol. The number of H-pyrrole nitrogens is 1. The molecule has 4 rings (SSSR count). The number of aromatic amines is 1. The van der Waals surface area contributed by atoms with E-state index in [0.717, 1.165) is 47.3 Å². The average Bonchev–Trinajstić information content (AvgIpc) is 3.55. The van der Waals surface area contributed by atoms with Gasteiger partial charge in [0.25, 0.3) is 0 Å². The molecule has 0 spiro atoms. The van der Waals surface area contributed by atoms with Crippen molar-refractivity contribution in [1.29, 1.82) is 0 Å². The van der Waals surface area contributed by atoms with E-state index in [1.54, 1.807) is 7.05 Å². The first kappa shape index (κ1) is 27.4. The molecule has 0 aliphatic carbocycles. The molecule has 0 saturated carbocycles. The number of halogens is 1. The molecule has 2 atom stereocenters. The maximum absolute atomic E-state index is 12.5. The van der Waals surface area contributed by atoms with Crippen LogP contribution in [-0.2, 0) is 29.1 Å². The second-order valence-corrected chi connectivity index (χ2v) is 9.41. The van der Waals surface area contributed by atoms with Gasteiger partial charge in [0.2, 0.25) is 5.82 Å². The van der Waals surface area contributed by atoms with Crippen LogP contribution in [-0.4, -0.2) is 60.4 Å². The summed E-state index contributed by atoms with van der Waals surface area (Å²) in [5.41, 5.74) is 4.58. The van der Waals surface area contributed by atoms with Gasteiger partial charge in [0.1, 0.15) is 18.5 Å². The molecule has 200 valence electrons. The molecule has 38 heavy (non-hydrogen) atoms. The number of nitrogens with zero attached hydrogens (tertiary/aromatic N) is 5. The van der Waals surface area contributed by atoms with Crippen LogP contribution in [0.2, 0.25) is 5.15 Å². The minimum atomic E-state index is -0.892. The van der Waals surface area contributed by atoms with Gasteiger partial charge in [0, 0.05) is 18.5 Å². The highest BCUT2D eigenvalue weighted by molar-refractivity contribution is 6.30. The topological polar surface area (TPSA) is 131 Å². The van der Waals surface area contributed by atoms with E-state index in [0.29, 0.717) is 23.2 Å². The normalized spacial score (nSPS) is 12.9. The average molecular weight is 538 g/mol. The van der Waals surface area contributed by atoms with Gasteiger partial charge in [0.15, 0.2) is 5.15 Å². The van der Waals surface area contributed by atoms with Crippen molar-refractivity contribution in [2.45, 2.75) is 58.4 Å². The standard InChI is InChI=1S/C27H32ClN7O3/c1-4-5-10-23-30-25(28)22(16-38-27(37)24(29-3)17(2)36)35(23)15-18-11-13-19(14-12-18)20-8-6-7-9-21(20)26-31-33-34-32-26/h6-9,11-14,17,24,29,36H,4-5,10,15-16H2,1-3H3,(H,31,32,33,34). The molecule has 3 N–H and O–H groups in total. The van der Waals surface area contributed by atoms with E-state index in [1.165, 1.54) is 6.92 Å². The van der Waals surface area contributed by atoms with Gasteiger partial charge in [-0.3, -0.25) is 4.79 Å². The number of esters is 1. The first-order chi connectivity index (χ1) is 18.4. The number of aliphatic hydroxyl groups is 1. The number of hydrogen-bond acceptors (Lipinski definition) is 8. The Bertz CT molecular complexity index is 1340. The lowest BCUT2D eigenvalue weighted by Gasteiger charge is -2.18. The third-order valence-electron chi connectivity index (χ3n) is 6.37. The monoisotopic (exact) mass is 537 g/mol. The van der Waals surface area contributed by atoms with Crippen LogP contribution in [0.25, 0.3) is 22.5 Å². The Hall–Kier alpha value is -3.60. The van der Waals surface area contributed by atoms with Crippen molar-refractivity contribution in [3.8, 4) is 22.5 Å². The molecular formula is C27H32ClN7O3. The molecule has 0 saturated heterocycles. The number of ether oxygens (including phenoxy) is 1. The largest absolute Gasteiger partial charge is 0.458 e. The van der Waals surface area contributed by atoms with Crippen molar-refractivity contribution in [1.82, 2.24) is 35.5 Å². The quantitative estimate of drug-likeness (QED) is 0.233. The smallest absolute Gasteiger partial charge is 0.326 e. The van der Waals surface area contributed by atoms with Gasteiger partial charge in [-0.15, -0.1) is 10.2 Å². The van der Waals surface area contributed by atoms with Crippen LogP contribution in [0, 0.1) is 0 Å². The molecule has 11 heteroatoms. The van der Waals surface area contributed by atoms with Crippen LogP contribution >= 0.6 is 11.6 Å². The highest BCUT2D eigenvalue weighted by Gasteiger charge is 2.25. The highest BCUT2D eigenvalue weighted by Crippen LogP contribution is 2.30. The van der Waals surface area contributed by atoms with Crippen molar-refractivity contribution >= 4 is 17.6 Å². The van der Waals surface area contributed by atoms with Gasteiger partial charge in [-0.25, -0.2) is 4.98 Å². The number of likely N-dealkylation sites (N-methyl/N-ethyl adjacent to an activating group) is 1. The number of carbonyl (C=O) groups is 1. The molecule has 2 heterocycles. The number of rotatable bonds is 12. The second-order valence-electron chi connectivity index (χ2n) is 9.05. The molecule has 10 nitrogen and oxygen atoms in total. The summed E-state index contributed by atoms with van der Waals surface area (Å²) in [5, 5.41) is 27.4. The Balaban J connectivity index is 1.58. The number of carbonyl (C=O) groups excluding carboxylic acids is 1. The van der Waals surface area contributed by atoms with Crippen LogP contribution in [0.4, 0.5) is 0 Å². The number of benzene rings is 2. The Morgan fingerprint density at radius 1 is 1.18 bits per heavy atom. The lowest BCUT2D eigenvalue weighted by Crippen LogP contribution is -2.43. The highest BCUT2D eigenvalue weighted by atomic mass is 35.5. The maximum Gasteiger partial charge on any atom is 0.326 e. The van der Waals surface area contributed by atoms with Crippen molar-refractivity contribution < 1.29 is 14.6 Å². The lowest BCUT2D eigenvalue weighted by atomic mass is 9.98. The fourth-order valence-electron chi connectivity index (χ4n) is 4.32. The summed E-state index contributed by atoms with van der Waals surface area (Å²) in [6.07, 6.45) is 1.84. The van der Waals surface area contributed by atoms with Crippen molar-refractivity contribution in [2.24, 2.45) is 0 Å². The van der Waals surface area contributed by atoms with Crippen LogP contribution in [0.1, 0.15) is 43.8 Å². The zero-order chi connectivity index (χ0) is 27.1. The van der Waals surface area contributed by atoms with Gasteiger partial charge in [-0.2, -0.15) is 5.21 Å². The van der Waals surface area contributed by atoms with E-state index in [9.17, 15) is 9.90 Å². The van der Waals surface area contributed by atoms with E-state index >= 15 is 0 Å². The molecule has 2 unspecified atom stereocenters. The van der Waals surface area contributed by atoms with Gasteiger partial charge in [-0.05, 0) is 42.3 Å². The Morgan fingerprint density at radius 2 is 1.92 bits per heavy atom. The molecule has 0 bridgehead atoms. The number of aryl methyl sites for hydroxylation is 1. The zero-order valence-electron chi connectivity index (χ0n) is 21.7. The fourth-order valence-corrected chi connectivity index (χ4v) is 4.57. The van der Waals surface area contributed by atoms with Crippen molar-refractivity contribution in [3.05, 3.63) is 70.8 Å². The van der Waals surface area contributed by atoms with Crippen molar-refractivity contribution in [2.75, 3.05) is 7.05 Å². The summed E-state index contributed by atoms with van der Waals surface area (Å²) in [4.78, 5) is 17.1. The molecule has 0 amide bonds. The number of nitrogens with one attached hydrogen (secondary N) is 2. The number of aliphatic hydroxyl groups excluding tert-OH is 1. The molecule has 2 aromatic heterocycles. The summed E-state index contributed by atoms with van der Waals surface area (Å²) in [6, 6.07) is 15.3. The molecule has 0 aliphatic rings. The number of aromatic nitrogens is 6. The summed E-state index contributed by atoms with van der Waals surface area (Å²) in [6.45, 7) is 4.13. The van der Waals surface area contributed by atoms with E-state index in [2.05, 4.69) is 62.1 Å². The van der Waals surface area contributed by atoms with Crippen LogP contribution < -0.4 is 5.32 Å². The molecule has 0 fully saturated rings. The second kappa shape index (κ2) is 12.8. The summed E-state index contributed by atoms with van der Waals surface area (Å²) >= 11 is 6.52. The minimum absolute atomic E-state index is 0.0438. The number of tetrazole rings is 1. The van der Waals surface area contributed by atoms with E-state index in [4.69, 9.17) is 16.3 Å². The molecule has 0 aliphatic heterocycles. The summed E-state index contributed by atoms with van der Waals surface area (Å²) < 4.78 is 7.54. The maximum atomic E-state index is 12.5. The third kappa shape index (κ3) is 6.27. The SMILES string of the molecule is CCCCc1nc(Cl)c(COC(=O)C(NC)C(C)O)n1Cc1ccc(-c2ccccc2-c2nn[nH]n2)cc1. The number of unbranched alkanes of at least 4 members (excludes halogenated alkanes) is 1. The number of hydrogen-bond donors (Lipinski definition) is 3. The molecule has 0 radical (unpaired) electrons. The lowest BCUT2D eigenvalue weighted by molar-refractivity contribution is -0.150. The van der Waals surface area contributed by atoms with Gasteiger partial charge < -0.3 is 19.7 Å². The molecular weight excluding hydrogens is 506 g/mol. The number of imidazole rings is 1. The summed E-state index contributed by atoms with van der Waals surface area (Å²) in [5.74, 6) is 0.828. The van der Waals surface area contributed by atoms with Crippen LogP contribution in [0.15, 0.2) is 48.5 Å². The predicted octanol–water partition coefficient (Wildman–Crippen LogP) is 3.79. The Labute approximate surface area is 226 Å². The van der Waals surface area contributed by atoms with Gasteiger partial charge >= 0.3 is 5.97 Å². The van der Waals surface area contributed by atoms with Gasteiger partial charge in [-0.1, -0.05) is 73.5 Å². The fraction of sp³-hybridized carbons (Fsp3) is 0.370. The Morgan fingerprint density at radius 3 is 2.55 bits per heavy atom. The summed E-state index contributed by atoms with van der Waals surface area (Å²) in [7, 11) is 1.60. The third-order valence-corrected chi connectivity index (χ3v) is 6.68. The molecule has 2 aromatic carbocycles.